The summed E-state index contributed by atoms with van der Waals surface area (Å²) in [6.45, 7) is 0. The highest BCUT2D eigenvalue weighted by Gasteiger charge is 2.19. The molecule has 1 amide bonds. The Morgan fingerprint density at radius 1 is 0.967 bits per heavy atom. The van der Waals surface area contributed by atoms with Crippen LogP contribution in [0.15, 0.2) is 64.2 Å². The van der Waals surface area contributed by atoms with Crippen LogP contribution in [-0.4, -0.2) is 19.4 Å². The van der Waals surface area contributed by atoms with Crippen LogP contribution in [0, 0.1) is 0 Å². The number of rotatable bonds is 5. The monoisotopic (exact) mass is 500 g/mol. The molecule has 1 aromatic heterocycles. The Morgan fingerprint density at radius 3 is 2.43 bits per heavy atom. The minimum absolute atomic E-state index is 0.0957. The third-order valence-corrected chi connectivity index (χ3v) is 7.35. The Kier molecular flexibility index (Phi) is 7.16. The molecule has 0 saturated carbocycles. The van der Waals surface area contributed by atoms with Crippen molar-refractivity contribution in [3.05, 3.63) is 75.6 Å². The van der Waals surface area contributed by atoms with Gasteiger partial charge in [0.05, 0.1) is 21.3 Å². The molecule has 0 saturated heterocycles. The molecule has 2 aromatic carbocycles. The molecule has 30 heavy (non-hydrogen) atoms. The van der Waals surface area contributed by atoms with Gasteiger partial charge in [0.1, 0.15) is 4.21 Å². The van der Waals surface area contributed by atoms with Gasteiger partial charge in [0.2, 0.25) is 0 Å². The van der Waals surface area contributed by atoms with E-state index in [-0.39, 0.29) is 20.6 Å². The molecule has 0 atom stereocenters. The fourth-order valence-corrected chi connectivity index (χ4v) is 4.84. The average molecular weight is 501 g/mol. The number of amides is 1. The van der Waals surface area contributed by atoms with Crippen molar-refractivity contribution in [3.63, 3.8) is 0 Å². The van der Waals surface area contributed by atoms with Gasteiger partial charge in [-0.05, 0) is 54.0 Å². The van der Waals surface area contributed by atoms with Crippen molar-refractivity contribution in [1.82, 2.24) is 10.9 Å². The Bertz CT molecular complexity index is 1190. The molecule has 0 spiro atoms. The second kappa shape index (κ2) is 9.63. The minimum atomic E-state index is -3.80. The van der Waals surface area contributed by atoms with Gasteiger partial charge in [-0.3, -0.25) is 20.4 Å². The molecule has 4 N–H and O–H groups in total. The Hall–Kier alpha value is -2.37. The summed E-state index contributed by atoms with van der Waals surface area (Å²) < 4.78 is 27.5. The number of halogens is 2. The van der Waals surface area contributed by atoms with Crippen LogP contribution in [0.1, 0.15) is 10.4 Å². The summed E-state index contributed by atoms with van der Waals surface area (Å²) in [5.41, 5.74) is 5.79. The summed E-state index contributed by atoms with van der Waals surface area (Å²) in [7, 11) is -3.80. The van der Waals surface area contributed by atoms with Crippen LogP contribution >= 0.6 is 46.8 Å². The van der Waals surface area contributed by atoms with Gasteiger partial charge in [-0.15, -0.1) is 11.3 Å². The maximum absolute atomic E-state index is 12.6. The number of carbonyl (C=O) groups is 1. The molecule has 0 aliphatic heterocycles. The third kappa shape index (κ3) is 5.61. The van der Waals surface area contributed by atoms with Crippen molar-refractivity contribution in [2.45, 2.75) is 4.21 Å². The second-order valence-corrected chi connectivity index (χ2v) is 9.82. The normalized spacial score (nSPS) is 10.9. The Balaban J connectivity index is 1.66. The van der Waals surface area contributed by atoms with E-state index in [1.165, 1.54) is 18.2 Å². The predicted octanol–water partition coefficient (Wildman–Crippen LogP) is 4.49. The topological polar surface area (TPSA) is 99.3 Å². The smallest absolute Gasteiger partial charge is 0.271 e. The molecule has 3 aromatic rings. The van der Waals surface area contributed by atoms with Crippen LogP contribution in [0.4, 0.5) is 11.4 Å². The maximum Gasteiger partial charge on any atom is 0.271 e. The largest absolute Gasteiger partial charge is 0.331 e. The quantitative estimate of drug-likeness (QED) is 0.304. The number of nitrogens with one attached hydrogen (secondary N) is 4. The second-order valence-electron chi connectivity index (χ2n) is 5.75. The lowest BCUT2D eigenvalue weighted by atomic mass is 10.2. The van der Waals surface area contributed by atoms with Crippen molar-refractivity contribution < 1.29 is 13.2 Å². The highest BCUT2D eigenvalue weighted by molar-refractivity contribution is 7.94. The number of hydrogen-bond acceptors (Lipinski definition) is 5. The number of sulfonamides is 1. The average Bonchev–Trinajstić information content (AvgIpc) is 3.25. The number of thiophene rings is 1. The van der Waals surface area contributed by atoms with Crippen molar-refractivity contribution in [1.29, 1.82) is 0 Å². The standard InChI is InChI=1S/C18H14Cl2N4O3S3/c19-13-8-7-11(10-14(13)20)21-18(28)23-22-17(25)12-4-1-2-5-15(12)24-30(26,27)16-6-3-9-29-16/h1-10,24H,(H,22,25)(H2,21,23,28). The Labute approximate surface area is 192 Å². The number of anilines is 2. The van der Waals surface area contributed by atoms with Crippen LogP contribution in [0.3, 0.4) is 0 Å². The van der Waals surface area contributed by atoms with Crippen molar-refractivity contribution >= 4 is 79.2 Å². The molecule has 3 rings (SSSR count). The van der Waals surface area contributed by atoms with Gasteiger partial charge >= 0.3 is 0 Å². The summed E-state index contributed by atoms with van der Waals surface area (Å²) >= 11 is 18.0. The first kappa shape index (κ1) is 22.3. The van der Waals surface area contributed by atoms with E-state index in [1.807, 2.05) is 0 Å². The summed E-state index contributed by atoms with van der Waals surface area (Å²) in [6.07, 6.45) is 0. The van der Waals surface area contributed by atoms with Crippen LogP contribution in [0.25, 0.3) is 0 Å². The highest BCUT2D eigenvalue weighted by Crippen LogP contribution is 2.25. The maximum atomic E-state index is 12.6. The van der Waals surface area contributed by atoms with Crippen molar-refractivity contribution in [2.75, 3.05) is 10.0 Å². The molecule has 156 valence electrons. The lowest BCUT2D eigenvalue weighted by Gasteiger charge is -2.14. The van der Waals surface area contributed by atoms with Gasteiger partial charge in [-0.1, -0.05) is 41.4 Å². The van der Waals surface area contributed by atoms with E-state index in [9.17, 15) is 13.2 Å². The van der Waals surface area contributed by atoms with Crippen molar-refractivity contribution in [2.24, 2.45) is 0 Å². The molecule has 1 heterocycles. The first-order valence-electron chi connectivity index (χ1n) is 8.24. The van der Waals surface area contributed by atoms with E-state index in [0.29, 0.717) is 15.7 Å². The highest BCUT2D eigenvalue weighted by atomic mass is 35.5. The van der Waals surface area contributed by atoms with Gasteiger partial charge in [0.25, 0.3) is 15.9 Å². The molecule has 0 unspecified atom stereocenters. The lowest BCUT2D eigenvalue weighted by molar-refractivity contribution is 0.0945. The van der Waals surface area contributed by atoms with Gasteiger partial charge in [-0.2, -0.15) is 0 Å². The van der Waals surface area contributed by atoms with E-state index in [4.69, 9.17) is 35.4 Å². The van der Waals surface area contributed by atoms with E-state index in [1.54, 1.807) is 41.8 Å². The number of thiocarbonyl (C=S) groups is 1. The van der Waals surface area contributed by atoms with Crippen LogP contribution in [-0.2, 0) is 10.0 Å². The molecule has 0 radical (unpaired) electrons. The molecular formula is C18H14Cl2N4O3S3. The number of benzene rings is 2. The van der Waals surface area contributed by atoms with Gasteiger partial charge in [-0.25, -0.2) is 8.42 Å². The first-order valence-corrected chi connectivity index (χ1v) is 11.8. The lowest BCUT2D eigenvalue weighted by Crippen LogP contribution is -2.44. The molecule has 12 heteroatoms. The molecule has 0 bridgehead atoms. The van der Waals surface area contributed by atoms with Crippen LogP contribution in [0.5, 0.6) is 0 Å². The SMILES string of the molecule is O=C(NNC(=S)Nc1ccc(Cl)c(Cl)c1)c1ccccc1NS(=O)(=O)c1cccs1. The van der Waals surface area contributed by atoms with E-state index >= 15 is 0 Å². The van der Waals surface area contributed by atoms with E-state index in [0.717, 1.165) is 11.3 Å². The molecular weight excluding hydrogens is 487 g/mol. The number of para-hydroxylation sites is 1. The summed E-state index contributed by atoms with van der Waals surface area (Å²) in [5, 5.41) is 5.33. The minimum Gasteiger partial charge on any atom is -0.331 e. The van der Waals surface area contributed by atoms with E-state index in [2.05, 4.69) is 20.9 Å². The zero-order valence-corrected chi connectivity index (χ0v) is 18.9. The zero-order valence-electron chi connectivity index (χ0n) is 15.0. The summed E-state index contributed by atoms with van der Waals surface area (Å²) in [6, 6.07) is 14.2. The van der Waals surface area contributed by atoms with Gasteiger partial charge in [0, 0.05) is 5.69 Å². The Morgan fingerprint density at radius 2 is 1.73 bits per heavy atom. The van der Waals surface area contributed by atoms with Crippen LogP contribution in [0.2, 0.25) is 10.0 Å². The fourth-order valence-electron chi connectivity index (χ4n) is 2.30. The molecule has 0 fully saturated rings. The predicted molar refractivity (Wildman–Crippen MR) is 125 cm³/mol. The van der Waals surface area contributed by atoms with Gasteiger partial charge < -0.3 is 5.32 Å². The molecule has 0 aliphatic rings. The number of hydrazine groups is 1. The fraction of sp³-hybridized carbons (Fsp3) is 0. The number of hydrogen-bond donors (Lipinski definition) is 4. The summed E-state index contributed by atoms with van der Waals surface area (Å²) in [5.74, 6) is -0.585. The van der Waals surface area contributed by atoms with Crippen molar-refractivity contribution in [3.8, 4) is 0 Å². The van der Waals surface area contributed by atoms with Gasteiger partial charge in [0.15, 0.2) is 5.11 Å². The third-order valence-electron chi connectivity index (χ3n) is 3.64. The van der Waals surface area contributed by atoms with E-state index < -0.39 is 15.9 Å². The summed E-state index contributed by atoms with van der Waals surface area (Å²) in [4.78, 5) is 12.6. The zero-order chi connectivity index (χ0) is 21.7. The first-order chi connectivity index (χ1) is 14.3. The number of carbonyl (C=O) groups excluding carboxylic acids is 1. The molecule has 0 aliphatic carbocycles. The van der Waals surface area contributed by atoms with Crippen LogP contribution < -0.4 is 20.9 Å². The molecule has 7 nitrogen and oxygen atoms in total.